The molecule has 0 unspecified atom stereocenters. The number of anilines is 1. The largest absolute Gasteiger partial charge is 0.323 e. The molecule has 4 atom stereocenters. The van der Waals surface area contributed by atoms with Crippen LogP contribution in [0, 0.1) is 11.8 Å². The van der Waals surface area contributed by atoms with Gasteiger partial charge in [0.15, 0.2) is 0 Å². The maximum atomic E-state index is 13.5. The van der Waals surface area contributed by atoms with E-state index < -0.39 is 22.9 Å². The smallest absolute Gasteiger partial charge is 0.250 e. The topological polar surface area (TPSA) is 78.5 Å². The maximum absolute atomic E-state index is 13.5. The third-order valence-corrected chi connectivity index (χ3v) is 6.96. The van der Waals surface area contributed by atoms with Gasteiger partial charge in [0.1, 0.15) is 5.54 Å². The summed E-state index contributed by atoms with van der Waals surface area (Å²) in [6.45, 7) is 5.54. The average Bonchev–Trinajstić information content (AvgIpc) is 3.19. The monoisotopic (exact) mass is 421 g/mol. The van der Waals surface area contributed by atoms with Crippen molar-refractivity contribution in [2.75, 3.05) is 17.3 Å². The van der Waals surface area contributed by atoms with Gasteiger partial charge in [-0.05, 0) is 45.3 Å². The van der Waals surface area contributed by atoms with Gasteiger partial charge in [0, 0.05) is 17.1 Å². The lowest BCUT2D eigenvalue weighted by molar-refractivity contribution is -0.147. The third-order valence-electron chi connectivity index (χ3n) is 6.00. The zero-order valence-electron chi connectivity index (χ0n) is 16.3. The van der Waals surface area contributed by atoms with Gasteiger partial charge < -0.3 is 5.32 Å². The van der Waals surface area contributed by atoms with Crippen LogP contribution < -0.4 is 10.6 Å². The highest BCUT2D eigenvalue weighted by atomic mass is 35.5. The summed E-state index contributed by atoms with van der Waals surface area (Å²) >= 11 is 8.00. The minimum Gasteiger partial charge on any atom is -0.323 e. The Morgan fingerprint density at radius 2 is 1.93 bits per heavy atom. The molecule has 0 radical (unpaired) electrons. The lowest BCUT2D eigenvalue weighted by Crippen LogP contribution is -2.55. The molecule has 2 N–H and O–H groups in total. The van der Waals surface area contributed by atoms with E-state index >= 15 is 0 Å². The summed E-state index contributed by atoms with van der Waals surface area (Å²) in [6, 6.07) is 5.05. The van der Waals surface area contributed by atoms with E-state index in [1.54, 1.807) is 23.9 Å². The molecule has 3 heterocycles. The predicted molar refractivity (Wildman–Crippen MR) is 110 cm³/mol. The number of thioether (sulfide) groups is 1. The highest BCUT2D eigenvalue weighted by Gasteiger charge is 2.71. The Hall–Kier alpha value is -1.57. The summed E-state index contributed by atoms with van der Waals surface area (Å²) in [6.07, 6.45) is 2.70. The van der Waals surface area contributed by atoms with E-state index in [1.165, 1.54) is 4.90 Å². The highest BCUT2D eigenvalue weighted by Crippen LogP contribution is 2.55. The molecule has 3 aliphatic rings. The van der Waals surface area contributed by atoms with Gasteiger partial charge in [0.2, 0.25) is 17.7 Å². The second-order valence-corrected chi connectivity index (χ2v) is 10.0. The Labute approximate surface area is 173 Å². The Bertz CT molecular complexity index is 884. The molecule has 4 rings (SSSR count). The van der Waals surface area contributed by atoms with Crippen molar-refractivity contribution in [2.45, 2.75) is 44.3 Å². The SMILES string of the molecule is CSCC[C@@H]1N[C@]2(C(=O)Nc3c(Cl)cccc32)[C@@H]2C(=O)N(C(C)(C)C)C(=O)[C@H]12. The highest BCUT2D eigenvalue weighted by molar-refractivity contribution is 7.98. The van der Waals surface area contributed by atoms with Crippen molar-refractivity contribution >= 4 is 46.8 Å². The summed E-state index contributed by atoms with van der Waals surface area (Å²) in [5.41, 5.74) is -0.722. The fourth-order valence-electron chi connectivity index (χ4n) is 4.95. The molecule has 1 aromatic rings. The van der Waals surface area contributed by atoms with Gasteiger partial charge in [0.05, 0.1) is 22.5 Å². The quantitative estimate of drug-likeness (QED) is 0.733. The van der Waals surface area contributed by atoms with Crippen LogP contribution in [-0.2, 0) is 19.9 Å². The first-order chi connectivity index (χ1) is 13.1. The third kappa shape index (κ3) is 2.49. The van der Waals surface area contributed by atoms with E-state index in [4.69, 9.17) is 11.6 Å². The van der Waals surface area contributed by atoms with Gasteiger partial charge in [-0.2, -0.15) is 11.8 Å². The maximum Gasteiger partial charge on any atom is 0.250 e. The first-order valence-corrected chi connectivity index (χ1v) is 11.2. The molecule has 0 bridgehead atoms. The number of hydrogen-bond donors (Lipinski definition) is 2. The number of carbonyl (C=O) groups is 3. The molecule has 6 nitrogen and oxygen atoms in total. The van der Waals surface area contributed by atoms with Gasteiger partial charge in [-0.3, -0.25) is 24.6 Å². The summed E-state index contributed by atoms with van der Waals surface area (Å²) in [5.74, 6) is -1.29. The molecule has 28 heavy (non-hydrogen) atoms. The zero-order valence-corrected chi connectivity index (χ0v) is 17.9. The Balaban J connectivity index is 1.89. The van der Waals surface area contributed by atoms with Crippen molar-refractivity contribution in [1.29, 1.82) is 0 Å². The predicted octanol–water partition coefficient (Wildman–Crippen LogP) is 2.61. The lowest BCUT2D eigenvalue weighted by Gasteiger charge is -2.34. The van der Waals surface area contributed by atoms with Crippen LogP contribution in [-0.4, -0.2) is 46.2 Å². The Morgan fingerprint density at radius 3 is 2.57 bits per heavy atom. The van der Waals surface area contributed by atoms with Crippen molar-refractivity contribution < 1.29 is 14.4 Å². The fraction of sp³-hybridized carbons (Fsp3) is 0.550. The minimum absolute atomic E-state index is 0.193. The number of carbonyl (C=O) groups excluding carboxylic acids is 3. The number of hydrogen-bond acceptors (Lipinski definition) is 5. The molecule has 3 aliphatic heterocycles. The standard InChI is InChI=1S/C20H24ClN3O3S/c1-19(2,3)24-16(25)13-12(8-9-28-4)23-20(14(13)17(24)26)10-6-5-7-11(21)15(10)22-18(20)27/h5-7,12-14,23H,8-9H2,1-4H3,(H,22,27)/t12-,13+,14-,20-/m0/s1. The molecule has 3 amide bonds. The van der Waals surface area contributed by atoms with Crippen molar-refractivity contribution in [2.24, 2.45) is 11.8 Å². The van der Waals surface area contributed by atoms with Gasteiger partial charge >= 0.3 is 0 Å². The van der Waals surface area contributed by atoms with E-state index in [0.29, 0.717) is 22.7 Å². The van der Waals surface area contributed by atoms with Crippen LogP contribution in [0.25, 0.3) is 0 Å². The van der Waals surface area contributed by atoms with Crippen molar-refractivity contribution in [3.05, 3.63) is 28.8 Å². The van der Waals surface area contributed by atoms with Crippen LogP contribution in [0.5, 0.6) is 0 Å². The summed E-state index contributed by atoms with van der Waals surface area (Å²) in [4.78, 5) is 41.5. The van der Waals surface area contributed by atoms with Crippen LogP contribution in [0.15, 0.2) is 18.2 Å². The van der Waals surface area contributed by atoms with Crippen LogP contribution >= 0.6 is 23.4 Å². The number of nitrogens with zero attached hydrogens (tertiary/aromatic N) is 1. The second kappa shape index (κ2) is 6.47. The van der Waals surface area contributed by atoms with E-state index in [-0.39, 0.29) is 23.8 Å². The summed E-state index contributed by atoms with van der Waals surface area (Å²) in [7, 11) is 0. The normalized spacial score (nSPS) is 31.5. The first-order valence-electron chi connectivity index (χ1n) is 9.39. The minimum atomic E-state index is -1.26. The number of amides is 3. The van der Waals surface area contributed by atoms with Crippen LogP contribution in [0.4, 0.5) is 5.69 Å². The fourth-order valence-corrected chi connectivity index (χ4v) is 5.66. The van der Waals surface area contributed by atoms with Crippen LogP contribution in [0.2, 0.25) is 5.02 Å². The van der Waals surface area contributed by atoms with Gasteiger partial charge in [-0.25, -0.2) is 0 Å². The van der Waals surface area contributed by atoms with Crippen molar-refractivity contribution in [3.63, 3.8) is 0 Å². The van der Waals surface area contributed by atoms with Gasteiger partial charge in [0.25, 0.3) is 0 Å². The number of nitrogens with one attached hydrogen (secondary N) is 2. The van der Waals surface area contributed by atoms with E-state index in [1.807, 2.05) is 33.1 Å². The van der Waals surface area contributed by atoms with Crippen molar-refractivity contribution in [3.8, 4) is 0 Å². The molecule has 0 aliphatic carbocycles. The number of rotatable bonds is 3. The summed E-state index contributed by atoms with van der Waals surface area (Å²) < 4.78 is 0. The van der Waals surface area contributed by atoms with E-state index in [0.717, 1.165) is 5.75 Å². The Kier molecular flexibility index (Phi) is 4.56. The van der Waals surface area contributed by atoms with E-state index in [9.17, 15) is 14.4 Å². The van der Waals surface area contributed by atoms with Gasteiger partial charge in [-0.1, -0.05) is 23.7 Å². The molecule has 8 heteroatoms. The zero-order chi connectivity index (χ0) is 20.4. The lowest BCUT2D eigenvalue weighted by atomic mass is 9.76. The molecule has 0 saturated carbocycles. The molecular weight excluding hydrogens is 398 g/mol. The number of imide groups is 1. The number of benzene rings is 1. The van der Waals surface area contributed by atoms with Gasteiger partial charge in [-0.15, -0.1) is 0 Å². The number of halogens is 1. The summed E-state index contributed by atoms with van der Waals surface area (Å²) in [5, 5.41) is 6.70. The first kappa shape index (κ1) is 19.7. The molecule has 0 aromatic heterocycles. The van der Waals surface area contributed by atoms with Crippen LogP contribution in [0.1, 0.15) is 32.8 Å². The second-order valence-electron chi connectivity index (χ2n) is 8.64. The molecular formula is C20H24ClN3O3S. The Morgan fingerprint density at radius 1 is 1.21 bits per heavy atom. The number of para-hydroxylation sites is 1. The van der Waals surface area contributed by atoms with Crippen LogP contribution in [0.3, 0.4) is 0 Å². The molecule has 2 saturated heterocycles. The molecule has 150 valence electrons. The molecule has 2 fully saturated rings. The molecule has 1 aromatic carbocycles. The number of likely N-dealkylation sites (tertiary alicyclic amines) is 1. The number of fused-ring (bicyclic) bond motifs is 4. The molecule has 1 spiro atoms. The average molecular weight is 422 g/mol. The van der Waals surface area contributed by atoms with E-state index in [2.05, 4.69) is 10.6 Å². The van der Waals surface area contributed by atoms with Crippen molar-refractivity contribution in [1.82, 2.24) is 10.2 Å².